The highest BCUT2D eigenvalue weighted by molar-refractivity contribution is 9.10. The van der Waals surface area contributed by atoms with Gasteiger partial charge in [-0.1, -0.05) is 0 Å². The van der Waals surface area contributed by atoms with Crippen molar-refractivity contribution in [3.05, 3.63) is 52.4 Å². The minimum absolute atomic E-state index is 0.0529. The molecule has 0 saturated heterocycles. The summed E-state index contributed by atoms with van der Waals surface area (Å²) < 4.78 is 6.25. The van der Waals surface area contributed by atoms with Gasteiger partial charge in [0, 0.05) is 17.8 Å². The first kappa shape index (κ1) is 13.7. The third-order valence-corrected chi connectivity index (χ3v) is 3.34. The number of furan rings is 1. The van der Waals surface area contributed by atoms with Crippen LogP contribution in [0, 0.1) is 0 Å². The van der Waals surface area contributed by atoms with E-state index in [2.05, 4.69) is 26.6 Å². The monoisotopic (exact) mass is 322 g/mol. The van der Waals surface area contributed by atoms with E-state index in [1.807, 2.05) is 25.1 Å². The fraction of sp³-hybridized carbons (Fsp3) is 0.214. The normalized spacial score (nSPS) is 10.2. The van der Waals surface area contributed by atoms with Crippen LogP contribution >= 0.6 is 15.9 Å². The van der Waals surface area contributed by atoms with Crippen LogP contribution in [-0.2, 0) is 6.54 Å². The van der Waals surface area contributed by atoms with Crippen molar-refractivity contribution >= 4 is 27.5 Å². The van der Waals surface area contributed by atoms with Crippen molar-refractivity contribution in [2.75, 3.05) is 11.9 Å². The average Bonchev–Trinajstić information content (AvgIpc) is 2.83. The fourth-order valence-electron chi connectivity index (χ4n) is 1.64. The molecule has 2 rings (SSSR count). The summed E-state index contributed by atoms with van der Waals surface area (Å²) in [7, 11) is 0. The van der Waals surface area contributed by atoms with Crippen LogP contribution < -0.4 is 10.6 Å². The summed E-state index contributed by atoms with van der Waals surface area (Å²) in [6.45, 7) is 3.12. The average molecular weight is 323 g/mol. The Hall–Kier alpha value is -1.75. The number of hydrogen-bond donors (Lipinski definition) is 2. The van der Waals surface area contributed by atoms with E-state index in [1.165, 1.54) is 0 Å². The van der Waals surface area contributed by atoms with Gasteiger partial charge in [0.05, 0.1) is 17.3 Å². The number of carbonyl (C=O) groups is 1. The van der Waals surface area contributed by atoms with Crippen LogP contribution in [0.5, 0.6) is 0 Å². The number of hydrogen-bond acceptors (Lipinski definition) is 3. The summed E-state index contributed by atoms with van der Waals surface area (Å²) in [5, 5.41) is 5.99. The van der Waals surface area contributed by atoms with Crippen LogP contribution in [0.4, 0.5) is 5.69 Å². The first-order valence-corrected chi connectivity index (χ1v) is 6.84. The topological polar surface area (TPSA) is 54.3 Å². The summed E-state index contributed by atoms with van der Waals surface area (Å²) in [6, 6.07) is 9.20. The molecule has 19 heavy (non-hydrogen) atoms. The van der Waals surface area contributed by atoms with Gasteiger partial charge in [-0.05, 0) is 53.2 Å². The van der Waals surface area contributed by atoms with Crippen molar-refractivity contribution in [2.45, 2.75) is 13.5 Å². The molecular formula is C14H15BrN2O2. The van der Waals surface area contributed by atoms with Crippen molar-refractivity contribution in [2.24, 2.45) is 0 Å². The molecule has 0 fully saturated rings. The van der Waals surface area contributed by atoms with Crippen molar-refractivity contribution in [3.8, 4) is 0 Å². The lowest BCUT2D eigenvalue weighted by atomic mass is 10.2. The SMILES string of the molecule is CCNC(=O)c1ccc(NCc2occc2Br)cc1. The molecule has 0 aliphatic rings. The van der Waals surface area contributed by atoms with Crippen molar-refractivity contribution in [3.63, 3.8) is 0 Å². The van der Waals surface area contributed by atoms with Gasteiger partial charge in [-0.15, -0.1) is 0 Å². The van der Waals surface area contributed by atoms with E-state index >= 15 is 0 Å². The van der Waals surface area contributed by atoms with Crippen LogP contribution in [0.25, 0.3) is 0 Å². The highest BCUT2D eigenvalue weighted by Gasteiger charge is 2.05. The van der Waals surface area contributed by atoms with Crippen LogP contribution in [-0.4, -0.2) is 12.5 Å². The van der Waals surface area contributed by atoms with Gasteiger partial charge in [0.1, 0.15) is 5.76 Å². The molecule has 2 N–H and O–H groups in total. The van der Waals surface area contributed by atoms with Gasteiger partial charge in [0.2, 0.25) is 0 Å². The van der Waals surface area contributed by atoms with Crippen LogP contribution in [0.2, 0.25) is 0 Å². The fourth-order valence-corrected chi connectivity index (χ4v) is 1.98. The molecule has 0 aliphatic carbocycles. The molecule has 0 bridgehead atoms. The van der Waals surface area contributed by atoms with E-state index in [0.29, 0.717) is 18.7 Å². The maximum Gasteiger partial charge on any atom is 0.251 e. The number of amides is 1. The number of nitrogens with one attached hydrogen (secondary N) is 2. The molecule has 0 radical (unpaired) electrons. The Bertz CT molecular complexity index is 549. The van der Waals surface area contributed by atoms with Crippen LogP contribution in [0.3, 0.4) is 0 Å². The lowest BCUT2D eigenvalue weighted by Gasteiger charge is -2.06. The van der Waals surface area contributed by atoms with Gasteiger partial charge < -0.3 is 15.1 Å². The predicted molar refractivity (Wildman–Crippen MR) is 78.2 cm³/mol. The summed E-state index contributed by atoms with van der Waals surface area (Å²) in [6.07, 6.45) is 1.64. The van der Waals surface area contributed by atoms with E-state index in [9.17, 15) is 4.79 Å². The molecule has 1 amide bonds. The summed E-state index contributed by atoms with van der Waals surface area (Å²) in [5.41, 5.74) is 1.60. The third-order valence-electron chi connectivity index (χ3n) is 2.63. The lowest BCUT2D eigenvalue weighted by Crippen LogP contribution is -2.22. The summed E-state index contributed by atoms with van der Waals surface area (Å²) >= 11 is 3.40. The molecule has 5 heteroatoms. The molecular weight excluding hydrogens is 308 g/mol. The number of carbonyl (C=O) groups excluding carboxylic acids is 1. The summed E-state index contributed by atoms with van der Waals surface area (Å²) in [4.78, 5) is 11.6. The molecule has 0 saturated carbocycles. The molecule has 1 aromatic heterocycles. The number of anilines is 1. The van der Waals surface area contributed by atoms with Gasteiger partial charge in [0.25, 0.3) is 5.91 Å². The summed E-state index contributed by atoms with van der Waals surface area (Å²) in [5.74, 6) is 0.788. The zero-order chi connectivity index (χ0) is 13.7. The molecule has 1 heterocycles. The number of halogens is 1. The van der Waals surface area contributed by atoms with Gasteiger partial charge in [-0.2, -0.15) is 0 Å². The zero-order valence-corrected chi connectivity index (χ0v) is 12.2. The maximum absolute atomic E-state index is 11.6. The smallest absolute Gasteiger partial charge is 0.251 e. The molecule has 0 aliphatic heterocycles. The minimum Gasteiger partial charge on any atom is -0.466 e. The molecule has 4 nitrogen and oxygen atoms in total. The van der Waals surface area contributed by atoms with Gasteiger partial charge in [-0.3, -0.25) is 4.79 Å². The molecule has 100 valence electrons. The lowest BCUT2D eigenvalue weighted by molar-refractivity contribution is 0.0956. The van der Waals surface area contributed by atoms with E-state index in [4.69, 9.17) is 4.42 Å². The Morgan fingerprint density at radius 2 is 2.00 bits per heavy atom. The standard InChI is InChI=1S/C14H15BrN2O2/c1-2-16-14(18)10-3-5-11(6-4-10)17-9-13-12(15)7-8-19-13/h3-8,17H,2,9H2,1H3,(H,16,18). The Morgan fingerprint density at radius 1 is 1.26 bits per heavy atom. The molecule has 2 aromatic rings. The highest BCUT2D eigenvalue weighted by Crippen LogP contribution is 2.19. The Balaban J connectivity index is 1.95. The largest absolute Gasteiger partial charge is 0.466 e. The minimum atomic E-state index is -0.0529. The first-order valence-electron chi connectivity index (χ1n) is 6.04. The Kier molecular flexibility index (Phi) is 4.63. The van der Waals surface area contributed by atoms with Crippen LogP contribution in [0.15, 0.2) is 45.5 Å². The number of benzene rings is 1. The molecule has 1 aromatic carbocycles. The van der Waals surface area contributed by atoms with Gasteiger partial charge >= 0.3 is 0 Å². The zero-order valence-electron chi connectivity index (χ0n) is 10.6. The van der Waals surface area contributed by atoms with E-state index in [0.717, 1.165) is 15.9 Å². The maximum atomic E-state index is 11.6. The third kappa shape index (κ3) is 3.61. The first-order chi connectivity index (χ1) is 9.20. The Morgan fingerprint density at radius 3 is 2.58 bits per heavy atom. The van der Waals surface area contributed by atoms with Gasteiger partial charge in [0.15, 0.2) is 0 Å². The van der Waals surface area contributed by atoms with Crippen molar-refractivity contribution < 1.29 is 9.21 Å². The quantitative estimate of drug-likeness (QED) is 0.887. The van der Waals surface area contributed by atoms with Crippen LogP contribution in [0.1, 0.15) is 23.0 Å². The molecule has 0 spiro atoms. The van der Waals surface area contributed by atoms with E-state index < -0.39 is 0 Å². The van der Waals surface area contributed by atoms with Gasteiger partial charge in [-0.25, -0.2) is 0 Å². The van der Waals surface area contributed by atoms with Crippen molar-refractivity contribution in [1.82, 2.24) is 5.32 Å². The van der Waals surface area contributed by atoms with E-state index in [1.54, 1.807) is 18.4 Å². The second-order valence-corrected chi connectivity index (χ2v) is 4.84. The highest BCUT2D eigenvalue weighted by atomic mass is 79.9. The predicted octanol–water partition coefficient (Wildman–Crippen LogP) is 3.40. The molecule has 0 atom stereocenters. The van der Waals surface area contributed by atoms with E-state index in [-0.39, 0.29) is 5.91 Å². The second kappa shape index (κ2) is 6.43. The molecule has 0 unspecified atom stereocenters. The second-order valence-electron chi connectivity index (χ2n) is 3.98. The van der Waals surface area contributed by atoms with Crippen molar-refractivity contribution in [1.29, 1.82) is 0 Å². The Labute approximate surface area is 120 Å². The number of rotatable bonds is 5.